The molecule has 0 aromatic heterocycles. The number of carboxylic acids is 2. The second-order valence-corrected chi connectivity index (χ2v) is 21.0. The Kier molecular flexibility index (Phi) is 9.73. The van der Waals surface area contributed by atoms with Crippen molar-refractivity contribution in [1.29, 1.82) is 0 Å². The van der Waals surface area contributed by atoms with Crippen LogP contribution < -0.4 is 10.5 Å². The van der Waals surface area contributed by atoms with E-state index in [1.54, 1.807) is 115 Å². The second kappa shape index (κ2) is 14.1. The van der Waals surface area contributed by atoms with Gasteiger partial charge in [0.1, 0.15) is 0 Å². The molecule has 0 aliphatic carbocycles. The third-order valence-corrected chi connectivity index (χ3v) is 20.3. The van der Waals surface area contributed by atoms with Crippen LogP contribution in [-0.2, 0) is 15.8 Å². The van der Waals surface area contributed by atoms with E-state index in [0.29, 0.717) is 31.5 Å². The van der Waals surface area contributed by atoms with Crippen LogP contribution in [0.4, 0.5) is 11.4 Å². The van der Waals surface area contributed by atoms with Crippen molar-refractivity contribution in [3.8, 4) is 0 Å². The molecule has 10 nitrogen and oxygen atoms in total. The Balaban J connectivity index is 1.79. The summed E-state index contributed by atoms with van der Waals surface area (Å²) in [5, 5.41) is 18.2. The first-order chi connectivity index (χ1) is 22.7. The van der Waals surface area contributed by atoms with Crippen LogP contribution in [0.2, 0.25) is 0 Å². The molecule has 47 heavy (non-hydrogen) atoms. The van der Waals surface area contributed by atoms with Crippen molar-refractivity contribution in [2.75, 3.05) is 0 Å². The number of nitrogens with zero attached hydrogens (tertiary/aromatic N) is 2. The summed E-state index contributed by atoms with van der Waals surface area (Å²) in [6, 6.07) is 38.8. The van der Waals surface area contributed by atoms with Gasteiger partial charge in [0.05, 0.1) is 0 Å². The van der Waals surface area contributed by atoms with Crippen LogP contribution in [0.1, 0.15) is 11.1 Å². The molecule has 5 aromatic rings. The average Bonchev–Trinajstić information content (AvgIpc) is 3.11. The molecule has 11 heteroatoms. The summed E-state index contributed by atoms with van der Waals surface area (Å²) in [4.78, 5) is 51.6. The van der Waals surface area contributed by atoms with E-state index in [-0.39, 0.29) is 11.4 Å². The molecule has 0 bridgehead atoms. The van der Waals surface area contributed by atoms with Gasteiger partial charge < -0.3 is 0 Å². The maximum absolute atomic E-state index is 14.3. The number of benzene rings is 5. The van der Waals surface area contributed by atoms with Crippen LogP contribution in [-0.4, -0.2) is 50.2 Å². The van der Waals surface area contributed by atoms with E-state index < -0.39 is 30.2 Å². The summed E-state index contributed by atoms with van der Waals surface area (Å²) in [5.41, 5.74) is 0.917. The minimum absolute atomic E-state index is 0.0281. The molecule has 2 N–H and O–H groups in total. The first-order valence-corrected chi connectivity index (χ1v) is 20.2. The molecular formula is C36H29N2O8Sb+2. The molecule has 0 radical (unpaired) electrons. The van der Waals surface area contributed by atoms with Gasteiger partial charge in [0.25, 0.3) is 0 Å². The van der Waals surface area contributed by atoms with Gasteiger partial charge in [-0.05, 0) is 0 Å². The van der Waals surface area contributed by atoms with E-state index in [2.05, 4.69) is 0 Å². The molecule has 0 aliphatic rings. The number of rotatable bonds is 13. The van der Waals surface area contributed by atoms with Crippen LogP contribution >= 0.6 is 0 Å². The Morgan fingerprint density at radius 1 is 0.511 bits per heavy atom. The molecule has 0 heterocycles. The normalized spacial score (nSPS) is 12.2. The SMILES string of the molecule is O=C(O)/C=C/c1cccc([N+](=O)[O][Sb]([O][N+](=O)c2cccc(/C=C/C(=O)O)c2)([c]2ccccc2)([c]2ccccc2)[c]2ccccc2)c1. The van der Waals surface area contributed by atoms with Crippen LogP contribution in [0.25, 0.3) is 12.2 Å². The van der Waals surface area contributed by atoms with Crippen molar-refractivity contribution in [3.63, 3.8) is 0 Å². The Morgan fingerprint density at radius 2 is 0.851 bits per heavy atom. The molecule has 0 saturated heterocycles. The van der Waals surface area contributed by atoms with E-state index in [1.807, 2.05) is 0 Å². The van der Waals surface area contributed by atoms with E-state index in [1.165, 1.54) is 36.4 Å². The first-order valence-electron chi connectivity index (χ1n) is 14.3. The number of carboxylic acid groups (broad SMARTS) is 2. The standard InChI is InChI=1S/2C9H7NO4.3C6H5.Sb/c2*11-9(12)5-4-7-2-1-3-8(6-7)10(13)14;3*1-2-4-6-5-3-1;/h2*1-6H,(H,11,12);3*1-5H;/q;;;;;+2/b2*5-4+;;;;. The zero-order valence-electron chi connectivity index (χ0n) is 24.8. The van der Waals surface area contributed by atoms with Gasteiger partial charge in [-0.2, -0.15) is 0 Å². The monoisotopic (exact) mass is 738 g/mol. The predicted molar refractivity (Wildman–Crippen MR) is 179 cm³/mol. The summed E-state index contributed by atoms with van der Waals surface area (Å²) in [6.07, 6.45) is 4.60. The van der Waals surface area contributed by atoms with Crippen molar-refractivity contribution in [2.45, 2.75) is 0 Å². The van der Waals surface area contributed by atoms with Crippen molar-refractivity contribution < 1.29 is 35.9 Å². The number of hydrogen-bond acceptors (Lipinski definition) is 6. The van der Waals surface area contributed by atoms with Gasteiger partial charge in [-0.15, -0.1) is 0 Å². The summed E-state index contributed by atoms with van der Waals surface area (Å²) in [7, 11) is 0. The molecule has 0 spiro atoms. The topological polar surface area (TPSA) is 133 Å². The van der Waals surface area contributed by atoms with Crippen molar-refractivity contribution >= 4 is 64.2 Å². The maximum atomic E-state index is 14.3. The average molecular weight is 739 g/mol. The van der Waals surface area contributed by atoms with Crippen LogP contribution in [0.5, 0.6) is 0 Å². The molecular weight excluding hydrogens is 710 g/mol. The summed E-state index contributed by atoms with van der Waals surface area (Å²) in [5.74, 6) is -2.30. The van der Waals surface area contributed by atoms with Gasteiger partial charge in [0.15, 0.2) is 0 Å². The van der Waals surface area contributed by atoms with Crippen LogP contribution in [0, 0.1) is 9.81 Å². The third kappa shape index (κ3) is 6.88. The van der Waals surface area contributed by atoms with Crippen LogP contribution in [0.3, 0.4) is 0 Å². The van der Waals surface area contributed by atoms with E-state index >= 15 is 0 Å². The Bertz CT molecular complexity index is 1810. The Morgan fingerprint density at radius 3 is 1.17 bits per heavy atom. The molecule has 0 aliphatic heterocycles. The minimum atomic E-state index is -6.34. The molecule has 5 aromatic carbocycles. The van der Waals surface area contributed by atoms with E-state index in [4.69, 9.17) is 16.4 Å². The molecule has 5 rings (SSSR count). The number of carbonyl (C=O) groups is 2. The van der Waals surface area contributed by atoms with Crippen molar-refractivity contribution in [3.05, 3.63) is 173 Å². The summed E-state index contributed by atoms with van der Waals surface area (Å²) < 4.78 is 14.9. The zero-order chi connectivity index (χ0) is 33.3. The van der Waals surface area contributed by atoms with E-state index in [9.17, 15) is 19.4 Å². The Hall–Kier alpha value is -5.86. The van der Waals surface area contributed by atoms with Gasteiger partial charge in [0.2, 0.25) is 0 Å². The number of aliphatic carboxylic acids is 2. The zero-order valence-corrected chi connectivity index (χ0v) is 27.3. The first kappa shape index (κ1) is 32.5. The molecule has 0 fully saturated rings. The van der Waals surface area contributed by atoms with Gasteiger partial charge in [-0.1, -0.05) is 0 Å². The van der Waals surface area contributed by atoms with Gasteiger partial charge in [0, 0.05) is 0 Å². The molecule has 0 saturated carbocycles. The second-order valence-electron chi connectivity index (χ2n) is 10.2. The van der Waals surface area contributed by atoms with Crippen molar-refractivity contribution in [2.24, 2.45) is 0 Å². The fourth-order valence-electron chi connectivity index (χ4n) is 5.04. The molecule has 0 atom stereocenters. The Labute approximate surface area is 271 Å². The molecule has 234 valence electrons. The summed E-state index contributed by atoms with van der Waals surface area (Å²) >= 11 is -6.34. The fourth-order valence-corrected chi connectivity index (χ4v) is 17.6. The molecule has 0 unspecified atom stereocenters. The quantitative estimate of drug-likeness (QED) is 0.0935. The molecule has 0 amide bonds. The fraction of sp³-hybridized carbons (Fsp3) is 0. The van der Waals surface area contributed by atoms with E-state index in [0.717, 1.165) is 12.2 Å². The van der Waals surface area contributed by atoms with Gasteiger partial charge in [-0.25, -0.2) is 0 Å². The summed E-state index contributed by atoms with van der Waals surface area (Å²) in [6.45, 7) is 0. The van der Waals surface area contributed by atoms with Gasteiger partial charge >= 0.3 is 273 Å². The third-order valence-electron chi connectivity index (χ3n) is 7.13. The van der Waals surface area contributed by atoms with Crippen molar-refractivity contribution in [1.82, 2.24) is 0 Å². The predicted octanol–water partition coefficient (Wildman–Crippen LogP) is 5.38. The number of hydrogen-bond donors (Lipinski definition) is 2. The van der Waals surface area contributed by atoms with Crippen LogP contribution in [0.15, 0.2) is 152 Å². The van der Waals surface area contributed by atoms with Gasteiger partial charge in [-0.3, -0.25) is 0 Å².